The van der Waals surface area contributed by atoms with E-state index in [9.17, 15) is 14.3 Å². The van der Waals surface area contributed by atoms with Crippen molar-refractivity contribution in [3.63, 3.8) is 0 Å². The van der Waals surface area contributed by atoms with Crippen molar-refractivity contribution >= 4 is 25.1 Å². The van der Waals surface area contributed by atoms with E-state index in [1.807, 2.05) is 6.07 Å². The topological polar surface area (TPSA) is 62.7 Å². The zero-order valence-corrected chi connectivity index (χ0v) is 23.4. The fourth-order valence-corrected chi connectivity index (χ4v) is 11.4. The van der Waals surface area contributed by atoms with Crippen LogP contribution in [0.15, 0.2) is 36.5 Å². The molecule has 0 radical (unpaired) electrons. The van der Waals surface area contributed by atoms with E-state index in [0.29, 0.717) is 46.4 Å². The van der Waals surface area contributed by atoms with Crippen molar-refractivity contribution in [2.75, 3.05) is 7.05 Å². The molecule has 0 aliphatic carbocycles. The standard InChI is InChI=1S/C29H37FN2O3Si/c1-17(2)36(18(3)4,19(5)6)35-28-26-24(15-32(7)29(26)34)25(16-33)23-13-21(14-31-27(23)28)12-20-8-10-22(30)11-9-20/h8-11,13-14,17-19,33H,12,15-16H2,1-7H3. The van der Waals surface area contributed by atoms with Gasteiger partial charge in [-0.15, -0.1) is 0 Å². The van der Waals surface area contributed by atoms with E-state index < -0.39 is 8.32 Å². The van der Waals surface area contributed by atoms with Crippen molar-refractivity contribution in [2.24, 2.45) is 0 Å². The van der Waals surface area contributed by atoms with Gasteiger partial charge < -0.3 is 14.4 Å². The molecule has 2 aromatic carbocycles. The number of hydrogen-bond acceptors (Lipinski definition) is 4. The number of nitrogens with zero attached hydrogens (tertiary/aromatic N) is 2. The Morgan fingerprint density at radius 1 is 1.06 bits per heavy atom. The minimum absolute atomic E-state index is 0.0899. The lowest BCUT2D eigenvalue weighted by Crippen LogP contribution is -2.51. The molecule has 2 heterocycles. The molecule has 7 heteroatoms. The van der Waals surface area contributed by atoms with Crippen LogP contribution in [0.3, 0.4) is 0 Å². The first kappa shape index (κ1) is 26.3. The van der Waals surface area contributed by atoms with E-state index >= 15 is 0 Å². The highest BCUT2D eigenvalue weighted by Crippen LogP contribution is 2.47. The summed E-state index contributed by atoms with van der Waals surface area (Å²) in [5.74, 6) is 0.216. The van der Waals surface area contributed by atoms with Gasteiger partial charge in [-0.1, -0.05) is 53.7 Å². The molecule has 5 nitrogen and oxygen atoms in total. The van der Waals surface area contributed by atoms with Gasteiger partial charge in [-0.05, 0) is 63.5 Å². The number of aliphatic hydroxyl groups is 1. The second kappa shape index (κ2) is 9.94. The molecule has 192 valence electrons. The normalized spacial score (nSPS) is 14.0. The number of fused-ring (bicyclic) bond motifs is 2. The summed E-state index contributed by atoms with van der Waals surface area (Å²) in [6.07, 6.45) is 2.39. The molecule has 1 aliphatic heterocycles. The lowest BCUT2D eigenvalue weighted by Gasteiger charge is -2.42. The van der Waals surface area contributed by atoms with E-state index in [4.69, 9.17) is 9.41 Å². The summed E-state index contributed by atoms with van der Waals surface area (Å²) in [4.78, 5) is 19.9. The summed E-state index contributed by atoms with van der Waals surface area (Å²) in [5.41, 5.74) is 5.63. The number of rotatable bonds is 8. The van der Waals surface area contributed by atoms with Crippen molar-refractivity contribution in [2.45, 2.75) is 77.7 Å². The molecule has 0 bridgehead atoms. The van der Waals surface area contributed by atoms with Crippen molar-refractivity contribution in [3.8, 4) is 5.75 Å². The molecule has 0 spiro atoms. The summed E-state index contributed by atoms with van der Waals surface area (Å²) in [7, 11) is -0.615. The maximum absolute atomic E-state index is 13.4. The molecular formula is C29H37FN2O3Si. The summed E-state index contributed by atoms with van der Waals surface area (Å²) < 4.78 is 20.5. The van der Waals surface area contributed by atoms with Gasteiger partial charge in [0.1, 0.15) is 17.1 Å². The molecule has 0 saturated heterocycles. The van der Waals surface area contributed by atoms with Gasteiger partial charge >= 0.3 is 0 Å². The Morgan fingerprint density at radius 2 is 1.67 bits per heavy atom. The summed E-state index contributed by atoms with van der Waals surface area (Å²) in [6.45, 7) is 13.6. The van der Waals surface area contributed by atoms with Crippen molar-refractivity contribution in [1.29, 1.82) is 0 Å². The minimum Gasteiger partial charge on any atom is -0.541 e. The Labute approximate surface area is 214 Å². The van der Waals surface area contributed by atoms with Crippen LogP contribution in [-0.4, -0.2) is 36.3 Å². The maximum atomic E-state index is 13.4. The molecule has 1 N–H and O–H groups in total. The largest absolute Gasteiger partial charge is 0.541 e. The predicted octanol–water partition coefficient (Wildman–Crippen LogP) is 6.60. The number of halogens is 1. The second-order valence-corrected chi connectivity index (χ2v) is 16.3. The number of amides is 1. The Bertz CT molecular complexity index is 1270. The third kappa shape index (κ3) is 4.32. The van der Waals surface area contributed by atoms with Gasteiger partial charge in [-0.2, -0.15) is 0 Å². The lowest BCUT2D eigenvalue weighted by atomic mass is 9.95. The van der Waals surface area contributed by atoms with Gasteiger partial charge in [-0.25, -0.2) is 4.39 Å². The van der Waals surface area contributed by atoms with Crippen molar-refractivity contribution in [1.82, 2.24) is 9.88 Å². The summed E-state index contributed by atoms with van der Waals surface area (Å²) in [5, 5.41) is 11.3. The molecular weight excluding hydrogens is 471 g/mol. The zero-order valence-electron chi connectivity index (χ0n) is 22.4. The van der Waals surface area contributed by atoms with E-state index in [1.165, 1.54) is 12.1 Å². The minimum atomic E-state index is -2.40. The van der Waals surface area contributed by atoms with Crippen LogP contribution in [0.4, 0.5) is 4.39 Å². The average Bonchev–Trinajstić information content (AvgIpc) is 3.11. The molecule has 1 amide bonds. The van der Waals surface area contributed by atoms with Crippen LogP contribution in [0, 0.1) is 5.82 Å². The zero-order chi connectivity index (χ0) is 26.4. The van der Waals surface area contributed by atoms with Crippen LogP contribution in [0.25, 0.3) is 10.9 Å². The molecule has 0 fully saturated rings. The molecule has 0 atom stereocenters. The third-order valence-electron chi connectivity index (χ3n) is 7.80. The van der Waals surface area contributed by atoms with Crippen LogP contribution in [0.1, 0.15) is 74.2 Å². The van der Waals surface area contributed by atoms with Crippen molar-refractivity contribution in [3.05, 3.63) is 70.2 Å². The third-order valence-corrected chi connectivity index (χ3v) is 13.8. The molecule has 1 aliphatic rings. The average molecular weight is 509 g/mol. The van der Waals surface area contributed by atoms with Crippen LogP contribution in [0.2, 0.25) is 16.6 Å². The maximum Gasteiger partial charge on any atom is 0.258 e. The monoisotopic (exact) mass is 508 g/mol. The number of aromatic nitrogens is 1. The highest BCUT2D eigenvalue weighted by molar-refractivity contribution is 6.78. The second-order valence-electron chi connectivity index (χ2n) is 10.9. The van der Waals surface area contributed by atoms with Crippen LogP contribution in [-0.2, 0) is 19.6 Å². The Hall–Kier alpha value is -2.77. The molecule has 0 saturated carbocycles. The van der Waals surface area contributed by atoms with Gasteiger partial charge in [0.25, 0.3) is 14.2 Å². The molecule has 0 unspecified atom stereocenters. The first-order valence-corrected chi connectivity index (χ1v) is 14.9. The predicted molar refractivity (Wildman–Crippen MR) is 144 cm³/mol. The number of carbonyl (C=O) groups excluding carboxylic acids is 1. The van der Waals surface area contributed by atoms with E-state index in [0.717, 1.165) is 27.6 Å². The lowest BCUT2D eigenvalue weighted by molar-refractivity contribution is 0.0815. The number of pyridine rings is 1. The fourth-order valence-electron chi connectivity index (χ4n) is 6.13. The number of aliphatic hydroxyl groups excluding tert-OH is 1. The molecule has 3 aromatic rings. The fraction of sp³-hybridized carbons (Fsp3) is 0.448. The summed E-state index contributed by atoms with van der Waals surface area (Å²) >= 11 is 0. The number of hydrogen-bond donors (Lipinski definition) is 1. The van der Waals surface area contributed by atoms with Crippen molar-refractivity contribution < 1.29 is 18.7 Å². The first-order chi connectivity index (χ1) is 17.0. The Balaban J connectivity index is 1.96. The van der Waals surface area contributed by atoms with E-state index in [-0.39, 0.29) is 18.3 Å². The van der Waals surface area contributed by atoms with Crippen LogP contribution >= 0.6 is 0 Å². The van der Waals surface area contributed by atoms with Gasteiger partial charge in [0, 0.05) is 25.2 Å². The first-order valence-electron chi connectivity index (χ1n) is 12.8. The highest BCUT2D eigenvalue weighted by atomic mass is 28.4. The SMILES string of the molecule is CC(C)[Si](Oc1c2c(c(CO)c3cc(Cc4ccc(F)cc4)cnc13)CN(C)C2=O)(C(C)C)C(C)C. The quantitative estimate of drug-likeness (QED) is 0.348. The number of benzene rings is 2. The number of carbonyl (C=O) groups is 1. The Morgan fingerprint density at radius 3 is 2.22 bits per heavy atom. The van der Waals surface area contributed by atoms with Gasteiger partial charge in [0.2, 0.25) is 0 Å². The highest BCUT2D eigenvalue weighted by Gasteiger charge is 2.48. The van der Waals surface area contributed by atoms with Crippen LogP contribution < -0.4 is 4.43 Å². The van der Waals surface area contributed by atoms with E-state index in [1.54, 1.807) is 30.3 Å². The van der Waals surface area contributed by atoms with Gasteiger partial charge in [0.05, 0.1) is 12.2 Å². The molecule has 4 rings (SSSR count). The smallest absolute Gasteiger partial charge is 0.258 e. The van der Waals surface area contributed by atoms with E-state index in [2.05, 4.69) is 41.5 Å². The molecule has 36 heavy (non-hydrogen) atoms. The summed E-state index contributed by atoms with van der Waals surface area (Å²) in [6, 6.07) is 8.49. The molecule has 1 aromatic heterocycles. The van der Waals surface area contributed by atoms with Gasteiger partial charge in [-0.3, -0.25) is 9.78 Å². The Kier molecular flexibility index (Phi) is 7.26. The van der Waals surface area contributed by atoms with Crippen LogP contribution in [0.5, 0.6) is 5.75 Å². The van der Waals surface area contributed by atoms with Gasteiger partial charge in [0.15, 0.2) is 0 Å².